The molecule has 1 saturated heterocycles. The molecule has 1 aromatic carbocycles. The predicted octanol–water partition coefficient (Wildman–Crippen LogP) is 0.0106. The maximum atomic E-state index is 12.3. The highest BCUT2D eigenvalue weighted by Crippen LogP contribution is 2.17. The molecule has 1 fully saturated rings. The summed E-state index contributed by atoms with van der Waals surface area (Å²) in [4.78, 5) is 13.7. The summed E-state index contributed by atoms with van der Waals surface area (Å²) >= 11 is 0. The molecule has 2 N–H and O–H groups in total. The minimum atomic E-state index is -0.858. The first-order valence-electron chi connectivity index (χ1n) is 5.85. The van der Waals surface area contributed by atoms with Crippen LogP contribution in [0.4, 0.5) is 0 Å². The van der Waals surface area contributed by atoms with E-state index in [1.165, 1.54) is 4.90 Å². The fourth-order valence-electron chi connectivity index (χ4n) is 2.12. The lowest BCUT2D eigenvalue weighted by atomic mass is 10.1. The largest absolute Gasteiger partial charge is 0.388 e. The third kappa shape index (κ3) is 2.53. The zero-order valence-electron chi connectivity index (χ0n) is 10.2. The lowest BCUT2D eigenvalue weighted by molar-refractivity contribution is 0.0572. The van der Waals surface area contributed by atoms with E-state index in [-0.39, 0.29) is 19.0 Å². The topological polar surface area (TPSA) is 70.0 Å². The maximum Gasteiger partial charge on any atom is 0.254 e. The molecule has 98 valence electrons. The molecule has 0 aromatic heterocycles. The molecule has 18 heavy (non-hydrogen) atoms. The van der Waals surface area contributed by atoms with E-state index < -0.39 is 12.2 Å². The van der Waals surface area contributed by atoms with Crippen LogP contribution in [0.5, 0.6) is 0 Å². The molecule has 2 rings (SSSR count). The van der Waals surface area contributed by atoms with Crippen LogP contribution in [0.15, 0.2) is 24.3 Å². The highest BCUT2D eigenvalue weighted by Gasteiger charge is 2.33. The van der Waals surface area contributed by atoms with Crippen molar-refractivity contribution in [2.75, 3.05) is 20.2 Å². The number of carbonyl (C=O) groups excluding carboxylic acids is 1. The number of β-amino-alcohol motifs (C(OH)–C–C–N with tert-alkyl or cyclic N) is 2. The highest BCUT2D eigenvalue weighted by atomic mass is 16.5. The van der Waals surface area contributed by atoms with E-state index in [4.69, 9.17) is 4.74 Å². The van der Waals surface area contributed by atoms with Crippen molar-refractivity contribution in [3.8, 4) is 0 Å². The van der Waals surface area contributed by atoms with E-state index in [2.05, 4.69) is 0 Å². The monoisotopic (exact) mass is 251 g/mol. The Hall–Kier alpha value is -1.43. The SMILES string of the molecule is COCc1ccccc1C(=O)N1CC(O)C(O)C1. The van der Waals surface area contributed by atoms with Crippen molar-refractivity contribution in [3.05, 3.63) is 35.4 Å². The summed E-state index contributed by atoms with van der Waals surface area (Å²) < 4.78 is 5.05. The number of nitrogens with zero attached hydrogens (tertiary/aromatic N) is 1. The van der Waals surface area contributed by atoms with Gasteiger partial charge < -0.3 is 19.8 Å². The fraction of sp³-hybridized carbons (Fsp3) is 0.462. The highest BCUT2D eigenvalue weighted by molar-refractivity contribution is 5.95. The summed E-state index contributed by atoms with van der Waals surface area (Å²) in [7, 11) is 1.57. The molecule has 5 heteroatoms. The second kappa shape index (κ2) is 5.48. The van der Waals surface area contributed by atoms with Gasteiger partial charge in [-0.25, -0.2) is 0 Å². The number of amides is 1. The first-order valence-corrected chi connectivity index (χ1v) is 5.85. The molecular weight excluding hydrogens is 234 g/mol. The van der Waals surface area contributed by atoms with Gasteiger partial charge in [0.15, 0.2) is 0 Å². The van der Waals surface area contributed by atoms with Gasteiger partial charge in [0.25, 0.3) is 5.91 Å². The number of carbonyl (C=O) groups is 1. The van der Waals surface area contributed by atoms with Crippen LogP contribution < -0.4 is 0 Å². The average molecular weight is 251 g/mol. The number of methoxy groups -OCH3 is 1. The number of ether oxygens (including phenoxy) is 1. The molecule has 1 aliphatic heterocycles. The average Bonchev–Trinajstić information content (AvgIpc) is 2.70. The van der Waals surface area contributed by atoms with E-state index >= 15 is 0 Å². The van der Waals surface area contributed by atoms with Crippen molar-refractivity contribution in [3.63, 3.8) is 0 Å². The summed E-state index contributed by atoms with van der Waals surface area (Å²) in [6, 6.07) is 7.20. The molecule has 1 heterocycles. The third-order valence-electron chi connectivity index (χ3n) is 3.09. The molecule has 2 unspecified atom stereocenters. The van der Waals surface area contributed by atoms with Gasteiger partial charge in [0.1, 0.15) is 0 Å². The van der Waals surface area contributed by atoms with Gasteiger partial charge in [-0.1, -0.05) is 18.2 Å². The Morgan fingerprint density at radius 3 is 2.56 bits per heavy atom. The van der Waals surface area contributed by atoms with Gasteiger partial charge in [-0.3, -0.25) is 4.79 Å². The molecular formula is C13H17NO4. The second-order valence-electron chi connectivity index (χ2n) is 4.43. The molecule has 1 aliphatic rings. The van der Waals surface area contributed by atoms with E-state index in [0.29, 0.717) is 12.2 Å². The van der Waals surface area contributed by atoms with E-state index in [1.54, 1.807) is 19.2 Å². The second-order valence-corrected chi connectivity index (χ2v) is 4.43. The Morgan fingerprint density at radius 1 is 1.33 bits per heavy atom. The Bertz CT molecular complexity index is 425. The van der Waals surface area contributed by atoms with Crippen LogP contribution in [-0.2, 0) is 11.3 Å². The van der Waals surface area contributed by atoms with Crippen molar-refractivity contribution in [1.82, 2.24) is 4.90 Å². The fourth-order valence-corrected chi connectivity index (χ4v) is 2.12. The standard InChI is InChI=1S/C13H17NO4/c1-18-8-9-4-2-3-5-10(9)13(17)14-6-11(15)12(16)7-14/h2-5,11-12,15-16H,6-8H2,1H3. The lowest BCUT2D eigenvalue weighted by Gasteiger charge is -2.17. The molecule has 0 bridgehead atoms. The Balaban J connectivity index is 2.19. The van der Waals surface area contributed by atoms with Crippen LogP contribution >= 0.6 is 0 Å². The summed E-state index contributed by atoms with van der Waals surface area (Å²) in [6.07, 6.45) is -1.72. The number of hydrogen-bond donors (Lipinski definition) is 2. The van der Waals surface area contributed by atoms with Crippen molar-refractivity contribution >= 4 is 5.91 Å². The Labute approximate surface area is 106 Å². The number of aliphatic hydroxyl groups excluding tert-OH is 2. The van der Waals surface area contributed by atoms with Crippen LogP contribution in [-0.4, -0.2) is 53.4 Å². The molecule has 0 radical (unpaired) electrons. The van der Waals surface area contributed by atoms with Crippen molar-refractivity contribution in [2.45, 2.75) is 18.8 Å². The van der Waals surface area contributed by atoms with Crippen molar-refractivity contribution < 1.29 is 19.7 Å². The van der Waals surface area contributed by atoms with Gasteiger partial charge in [-0.15, -0.1) is 0 Å². The van der Waals surface area contributed by atoms with Crippen LogP contribution in [0.3, 0.4) is 0 Å². The minimum Gasteiger partial charge on any atom is -0.388 e. The van der Waals surface area contributed by atoms with Crippen molar-refractivity contribution in [2.24, 2.45) is 0 Å². The van der Waals surface area contributed by atoms with Gasteiger partial charge in [0.2, 0.25) is 0 Å². The molecule has 0 spiro atoms. The molecule has 1 amide bonds. The number of benzene rings is 1. The van der Waals surface area contributed by atoms with Crippen LogP contribution in [0.2, 0.25) is 0 Å². The van der Waals surface area contributed by atoms with Crippen LogP contribution in [0, 0.1) is 0 Å². The smallest absolute Gasteiger partial charge is 0.254 e. The number of hydrogen-bond acceptors (Lipinski definition) is 4. The van der Waals surface area contributed by atoms with E-state index in [0.717, 1.165) is 5.56 Å². The van der Waals surface area contributed by atoms with Gasteiger partial charge in [0, 0.05) is 25.8 Å². The quantitative estimate of drug-likeness (QED) is 0.794. The van der Waals surface area contributed by atoms with Gasteiger partial charge in [0.05, 0.1) is 18.8 Å². The minimum absolute atomic E-state index is 0.168. The van der Waals surface area contributed by atoms with Gasteiger partial charge in [-0.05, 0) is 11.6 Å². The predicted molar refractivity (Wildman–Crippen MR) is 65.1 cm³/mol. The molecule has 0 aliphatic carbocycles. The summed E-state index contributed by atoms with van der Waals surface area (Å²) in [6.45, 7) is 0.698. The summed E-state index contributed by atoms with van der Waals surface area (Å²) in [5, 5.41) is 18.9. The van der Waals surface area contributed by atoms with E-state index in [1.807, 2.05) is 12.1 Å². The maximum absolute atomic E-state index is 12.3. The zero-order valence-corrected chi connectivity index (χ0v) is 10.2. The van der Waals surface area contributed by atoms with Crippen LogP contribution in [0.25, 0.3) is 0 Å². The number of aliphatic hydroxyl groups is 2. The molecule has 5 nitrogen and oxygen atoms in total. The Kier molecular flexibility index (Phi) is 3.96. The molecule has 2 atom stereocenters. The van der Waals surface area contributed by atoms with Gasteiger partial charge in [-0.2, -0.15) is 0 Å². The lowest BCUT2D eigenvalue weighted by Crippen LogP contribution is -2.30. The van der Waals surface area contributed by atoms with Gasteiger partial charge >= 0.3 is 0 Å². The van der Waals surface area contributed by atoms with E-state index in [9.17, 15) is 15.0 Å². The van der Waals surface area contributed by atoms with Crippen molar-refractivity contribution in [1.29, 1.82) is 0 Å². The first kappa shape index (κ1) is 13.0. The molecule has 1 aromatic rings. The third-order valence-corrected chi connectivity index (χ3v) is 3.09. The molecule has 0 saturated carbocycles. The summed E-state index contributed by atoms with van der Waals surface area (Å²) in [5.41, 5.74) is 1.36. The summed E-state index contributed by atoms with van der Waals surface area (Å²) in [5.74, 6) is -0.182. The normalized spacial score (nSPS) is 23.4. The number of likely N-dealkylation sites (tertiary alicyclic amines) is 1. The van der Waals surface area contributed by atoms with Crippen LogP contribution in [0.1, 0.15) is 15.9 Å². The zero-order chi connectivity index (χ0) is 13.1. The number of rotatable bonds is 3. The Morgan fingerprint density at radius 2 is 1.94 bits per heavy atom. The first-order chi connectivity index (χ1) is 8.63.